The predicted molar refractivity (Wildman–Crippen MR) is 91.5 cm³/mol. The molecule has 0 aromatic heterocycles. The summed E-state index contributed by atoms with van der Waals surface area (Å²) in [6.45, 7) is 1.73. The number of hydrogen-bond acceptors (Lipinski definition) is 2. The Labute approximate surface area is 141 Å². The Bertz CT molecular complexity index is 649. The molecule has 3 nitrogen and oxygen atoms in total. The molecule has 0 radical (unpaired) electrons. The molecule has 1 fully saturated rings. The van der Waals surface area contributed by atoms with Crippen molar-refractivity contribution in [3.05, 3.63) is 70.7 Å². The fourth-order valence-electron chi connectivity index (χ4n) is 3.08. The van der Waals surface area contributed by atoms with E-state index < -0.39 is 5.41 Å². The van der Waals surface area contributed by atoms with Crippen molar-refractivity contribution in [3.8, 4) is 0 Å². The van der Waals surface area contributed by atoms with Crippen LogP contribution in [0.4, 0.5) is 0 Å². The van der Waals surface area contributed by atoms with Gasteiger partial charge in [0.15, 0.2) is 0 Å². The summed E-state index contributed by atoms with van der Waals surface area (Å²) in [6.07, 6.45) is 1.42. The van der Waals surface area contributed by atoms with E-state index >= 15 is 0 Å². The molecule has 1 aliphatic rings. The summed E-state index contributed by atoms with van der Waals surface area (Å²) < 4.78 is 5.48. The van der Waals surface area contributed by atoms with Crippen molar-refractivity contribution >= 4 is 17.5 Å². The second-order valence-corrected chi connectivity index (χ2v) is 6.31. The lowest BCUT2D eigenvalue weighted by molar-refractivity contribution is -0.130. The maximum atomic E-state index is 13.0. The molecule has 1 heterocycles. The Morgan fingerprint density at radius 2 is 1.70 bits per heavy atom. The first-order valence-electron chi connectivity index (χ1n) is 7.87. The number of ether oxygens (including phenoxy) is 1. The minimum atomic E-state index is -0.494. The van der Waals surface area contributed by atoms with E-state index in [4.69, 9.17) is 16.3 Å². The number of benzene rings is 2. The lowest BCUT2D eigenvalue weighted by Gasteiger charge is -2.36. The highest BCUT2D eigenvalue weighted by Gasteiger charge is 2.41. The van der Waals surface area contributed by atoms with Crippen molar-refractivity contribution in [1.29, 1.82) is 0 Å². The van der Waals surface area contributed by atoms with E-state index in [-0.39, 0.29) is 5.91 Å². The number of nitrogens with one attached hydrogen (secondary N) is 1. The molecule has 1 N–H and O–H groups in total. The van der Waals surface area contributed by atoms with Gasteiger partial charge in [0.2, 0.25) is 5.91 Å². The van der Waals surface area contributed by atoms with Gasteiger partial charge in [-0.15, -0.1) is 0 Å². The Hall–Kier alpha value is -1.84. The second kappa shape index (κ2) is 7.16. The molecule has 23 heavy (non-hydrogen) atoms. The average Bonchev–Trinajstić information content (AvgIpc) is 2.62. The van der Waals surface area contributed by atoms with Crippen LogP contribution in [0.1, 0.15) is 24.0 Å². The molecule has 0 aliphatic carbocycles. The van der Waals surface area contributed by atoms with Crippen LogP contribution in [-0.4, -0.2) is 19.1 Å². The molecule has 3 rings (SSSR count). The quantitative estimate of drug-likeness (QED) is 0.928. The van der Waals surface area contributed by atoms with Gasteiger partial charge in [0.25, 0.3) is 0 Å². The van der Waals surface area contributed by atoms with Crippen LogP contribution in [-0.2, 0) is 21.5 Å². The van der Waals surface area contributed by atoms with Crippen LogP contribution < -0.4 is 5.32 Å². The third-order valence-electron chi connectivity index (χ3n) is 4.47. The van der Waals surface area contributed by atoms with Crippen molar-refractivity contribution in [2.45, 2.75) is 24.8 Å². The number of amides is 1. The molecule has 120 valence electrons. The van der Waals surface area contributed by atoms with Gasteiger partial charge in [-0.3, -0.25) is 4.79 Å². The van der Waals surface area contributed by atoms with Crippen LogP contribution in [0.15, 0.2) is 54.6 Å². The number of rotatable bonds is 4. The molecule has 1 aliphatic heterocycles. The molecule has 0 spiro atoms. The Morgan fingerprint density at radius 1 is 1.04 bits per heavy atom. The lowest BCUT2D eigenvalue weighted by atomic mass is 9.73. The molecule has 0 unspecified atom stereocenters. The van der Waals surface area contributed by atoms with E-state index in [9.17, 15) is 4.79 Å². The molecule has 1 amide bonds. The first-order chi connectivity index (χ1) is 11.2. The Morgan fingerprint density at radius 3 is 2.35 bits per heavy atom. The number of carbonyl (C=O) groups excluding carboxylic acids is 1. The topological polar surface area (TPSA) is 38.3 Å². The number of hydrogen-bond donors (Lipinski definition) is 1. The van der Waals surface area contributed by atoms with Crippen molar-refractivity contribution in [3.63, 3.8) is 0 Å². The minimum absolute atomic E-state index is 0.0713. The summed E-state index contributed by atoms with van der Waals surface area (Å²) in [5, 5.41) is 3.79. The van der Waals surface area contributed by atoms with E-state index in [1.165, 1.54) is 0 Å². The molecule has 4 heteroatoms. The highest BCUT2D eigenvalue weighted by Crippen LogP contribution is 2.35. The highest BCUT2D eigenvalue weighted by molar-refractivity contribution is 6.30. The van der Waals surface area contributed by atoms with Gasteiger partial charge in [0, 0.05) is 24.8 Å². The van der Waals surface area contributed by atoms with Gasteiger partial charge in [-0.2, -0.15) is 0 Å². The summed E-state index contributed by atoms with van der Waals surface area (Å²) in [6, 6.07) is 17.6. The Balaban J connectivity index is 1.77. The average molecular weight is 330 g/mol. The summed E-state index contributed by atoms with van der Waals surface area (Å²) in [7, 11) is 0. The van der Waals surface area contributed by atoms with E-state index in [1.807, 2.05) is 54.6 Å². The van der Waals surface area contributed by atoms with Crippen molar-refractivity contribution in [2.75, 3.05) is 13.2 Å². The Kier molecular flexibility index (Phi) is 4.99. The van der Waals surface area contributed by atoms with Crippen molar-refractivity contribution in [1.82, 2.24) is 5.32 Å². The monoisotopic (exact) mass is 329 g/mol. The van der Waals surface area contributed by atoms with Gasteiger partial charge in [-0.05, 0) is 36.1 Å². The fourth-order valence-corrected chi connectivity index (χ4v) is 3.20. The summed E-state index contributed by atoms with van der Waals surface area (Å²) in [5.74, 6) is 0.0713. The van der Waals surface area contributed by atoms with Gasteiger partial charge in [-0.25, -0.2) is 0 Å². The van der Waals surface area contributed by atoms with Gasteiger partial charge in [0.05, 0.1) is 5.41 Å². The van der Waals surface area contributed by atoms with Crippen LogP contribution in [0.2, 0.25) is 5.02 Å². The van der Waals surface area contributed by atoms with Crippen LogP contribution >= 0.6 is 11.6 Å². The van der Waals surface area contributed by atoms with E-state index in [2.05, 4.69) is 5.32 Å². The predicted octanol–water partition coefficient (Wildman–Crippen LogP) is 3.70. The van der Waals surface area contributed by atoms with Gasteiger partial charge in [-0.1, -0.05) is 54.1 Å². The van der Waals surface area contributed by atoms with Crippen LogP contribution in [0.25, 0.3) is 0 Å². The zero-order valence-corrected chi connectivity index (χ0v) is 13.7. The zero-order chi connectivity index (χ0) is 16.1. The first-order valence-corrected chi connectivity index (χ1v) is 8.24. The summed E-state index contributed by atoms with van der Waals surface area (Å²) in [5.41, 5.74) is 1.61. The van der Waals surface area contributed by atoms with Crippen molar-refractivity contribution in [2.24, 2.45) is 0 Å². The van der Waals surface area contributed by atoms with Crippen LogP contribution in [0.3, 0.4) is 0 Å². The summed E-state index contributed by atoms with van der Waals surface area (Å²) >= 11 is 5.90. The standard InChI is InChI=1S/C19H20ClNO2/c20-17-8-6-15(7-9-17)14-21-18(22)19(10-12-23-13-11-19)16-4-2-1-3-5-16/h1-9H,10-14H2,(H,21,22). The van der Waals surface area contributed by atoms with Gasteiger partial charge >= 0.3 is 0 Å². The maximum absolute atomic E-state index is 13.0. The minimum Gasteiger partial charge on any atom is -0.381 e. The number of carbonyl (C=O) groups is 1. The van der Waals surface area contributed by atoms with Gasteiger partial charge < -0.3 is 10.1 Å². The van der Waals surface area contributed by atoms with E-state index in [1.54, 1.807) is 0 Å². The molecule has 0 saturated carbocycles. The normalized spacial score (nSPS) is 16.7. The highest BCUT2D eigenvalue weighted by atomic mass is 35.5. The maximum Gasteiger partial charge on any atom is 0.231 e. The molecule has 1 saturated heterocycles. The van der Waals surface area contributed by atoms with E-state index in [0.717, 1.165) is 11.1 Å². The lowest BCUT2D eigenvalue weighted by Crippen LogP contribution is -2.47. The van der Waals surface area contributed by atoms with Crippen LogP contribution in [0.5, 0.6) is 0 Å². The van der Waals surface area contributed by atoms with Crippen molar-refractivity contribution < 1.29 is 9.53 Å². The van der Waals surface area contributed by atoms with Gasteiger partial charge in [0.1, 0.15) is 0 Å². The first kappa shape index (κ1) is 16.0. The molecule has 2 aromatic rings. The molecule has 2 aromatic carbocycles. The molecular weight excluding hydrogens is 310 g/mol. The third-order valence-corrected chi connectivity index (χ3v) is 4.73. The molecule has 0 bridgehead atoms. The molecular formula is C19H20ClNO2. The van der Waals surface area contributed by atoms with Crippen LogP contribution in [0, 0.1) is 0 Å². The third kappa shape index (κ3) is 3.57. The van der Waals surface area contributed by atoms with E-state index in [0.29, 0.717) is 37.6 Å². The molecule has 0 atom stereocenters. The number of halogens is 1. The fraction of sp³-hybridized carbons (Fsp3) is 0.316. The SMILES string of the molecule is O=C(NCc1ccc(Cl)cc1)C1(c2ccccc2)CCOCC1. The largest absolute Gasteiger partial charge is 0.381 e. The smallest absolute Gasteiger partial charge is 0.231 e. The summed E-state index contributed by atoms with van der Waals surface area (Å²) in [4.78, 5) is 13.0. The zero-order valence-electron chi connectivity index (χ0n) is 12.9. The second-order valence-electron chi connectivity index (χ2n) is 5.87.